The first-order chi connectivity index (χ1) is 10.3. The molecule has 4 rings (SSSR count). The number of halogens is 1. The van der Waals surface area contributed by atoms with E-state index in [1.54, 1.807) is 0 Å². The molecule has 0 amide bonds. The van der Waals surface area contributed by atoms with Crippen molar-refractivity contribution in [2.45, 2.75) is 19.4 Å². The summed E-state index contributed by atoms with van der Waals surface area (Å²) >= 11 is 3.52. The van der Waals surface area contributed by atoms with Crippen LogP contribution in [0.4, 0.5) is 0 Å². The highest BCUT2D eigenvalue weighted by molar-refractivity contribution is 9.10. The normalized spacial score (nSPS) is 13.4. The largest absolute Gasteiger partial charge is 0.493 e. The zero-order valence-electron chi connectivity index (χ0n) is 11.7. The van der Waals surface area contributed by atoms with E-state index in [-0.39, 0.29) is 0 Å². The molecule has 3 heteroatoms. The zero-order chi connectivity index (χ0) is 14.2. The van der Waals surface area contributed by atoms with Crippen LogP contribution in [-0.4, -0.2) is 11.2 Å². The molecule has 0 saturated heterocycles. The lowest BCUT2D eigenvalue weighted by Crippen LogP contribution is -2.00. The number of benzene rings is 2. The Morgan fingerprint density at radius 1 is 1.10 bits per heavy atom. The molecule has 2 nitrogen and oxygen atoms in total. The third kappa shape index (κ3) is 2.46. The fourth-order valence-corrected chi connectivity index (χ4v) is 3.39. The number of hydrogen-bond acceptors (Lipinski definition) is 1. The molecule has 0 fully saturated rings. The fourth-order valence-electron chi connectivity index (χ4n) is 3.01. The maximum Gasteiger partial charge on any atom is 0.122 e. The van der Waals surface area contributed by atoms with Gasteiger partial charge in [0.15, 0.2) is 0 Å². The van der Waals surface area contributed by atoms with Crippen LogP contribution in [0.1, 0.15) is 11.1 Å². The van der Waals surface area contributed by atoms with Gasteiger partial charge < -0.3 is 9.30 Å². The minimum Gasteiger partial charge on any atom is -0.493 e. The highest BCUT2D eigenvalue weighted by Gasteiger charge is 2.12. The van der Waals surface area contributed by atoms with Gasteiger partial charge in [0.05, 0.1) is 6.61 Å². The monoisotopic (exact) mass is 341 g/mol. The Bertz CT molecular complexity index is 806. The second-order valence-electron chi connectivity index (χ2n) is 5.50. The van der Waals surface area contributed by atoms with Gasteiger partial charge in [0.1, 0.15) is 5.75 Å². The molecule has 0 N–H and O–H groups in total. The van der Waals surface area contributed by atoms with Crippen molar-refractivity contribution < 1.29 is 4.74 Å². The van der Waals surface area contributed by atoms with Gasteiger partial charge in [0.2, 0.25) is 0 Å². The molecule has 0 unspecified atom stereocenters. The van der Waals surface area contributed by atoms with Gasteiger partial charge in [-0.3, -0.25) is 0 Å². The summed E-state index contributed by atoms with van der Waals surface area (Å²) in [7, 11) is 0. The summed E-state index contributed by atoms with van der Waals surface area (Å²) in [5.74, 6) is 1.06. The van der Waals surface area contributed by atoms with Gasteiger partial charge in [-0.05, 0) is 47.9 Å². The van der Waals surface area contributed by atoms with Crippen LogP contribution in [0, 0.1) is 0 Å². The molecular weight excluding hydrogens is 326 g/mol. The van der Waals surface area contributed by atoms with Crippen molar-refractivity contribution in [2.75, 3.05) is 6.61 Å². The second-order valence-corrected chi connectivity index (χ2v) is 6.42. The van der Waals surface area contributed by atoms with E-state index < -0.39 is 0 Å². The Morgan fingerprint density at radius 2 is 2.05 bits per heavy atom. The molecule has 0 saturated carbocycles. The van der Waals surface area contributed by atoms with E-state index in [9.17, 15) is 0 Å². The predicted molar refractivity (Wildman–Crippen MR) is 89.0 cm³/mol. The summed E-state index contributed by atoms with van der Waals surface area (Å²) in [6.45, 7) is 1.83. The van der Waals surface area contributed by atoms with Crippen LogP contribution in [0.2, 0.25) is 0 Å². The van der Waals surface area contributed by atoms with Gasteiger partial charge in [-0.2, -0.15) is 0 Å². The minimum atomic E-state index is 0.829. The Balaban J connectivity index is 1.55. The van der Waals surface area contributed by atoms with Crippen LogP contribution in [0.15, 0.2) is 53.1 Å². The second kappa shape index (κ2) is 5.23. The van der Waals surface area contributed by atoms with E-state index in [1.165, 1.54) is 22.0 Å². The number of rotatable bonds is 3. The number of aryl methyl sites for hydroxylation is 2. The molecule has 21 heavy (non-hydrogen) atoms. The number of ether oxygens (including phenoxy) is 1. The highest BCUT2D eigenvalue weighted by Crippen LogP contribution is 2.26. The van der Waals surface area contributed by atoms with E-state index in [2.05, 4.69) is 69.2 Å². The standard InChI is InChI=1S/C18H16BrNO/c19-16-2-3-17-14(12-16)6-9-20(17)8-5-13-1-4-18-15(11-13)7-10-21-18/h1-4,6,9,11-12H,5,7-8,10H2. The maximum atomic E-state index is 5.56. The average molecular weight is 342 g/mol. The first kappa shape index (κ1) is 13.0. The number of hydrogen-bond donors (Lipinski definition) is 0. The third-order valence-electron chi connectivity index (χ3n) is 4.13. The van der Waals surface area contributed by atoms with Crippen molar-refractivity contribution in [1.29, 1.82) is 0 Å². The quantitative estimate of drug-likeness (QED) is 0.680. The minimum absolute atomic E-state index is 0.829. The fraction of sp³-hybridized carbons (Fsp3) is 0.222. The summed E-state index contributed by atoms with van der Waals surface area (Å²) in [6, 6.07) is 15.2. The van der Waals surface area contributed by atoms with E-state index in [0.717, 1.165) is 36.2 Å². The predicted octanol–water partition coefficient (Wildman–Crippen LogP) is 4.58. The van der Waals surface area contributed by atoms with E-state index in [0.29, 0.717) is 0 Å². The molecular formula is C18H16BrNO. The van der Waals surface area contributed by atoms with Crippen LogP contribution in [-0.2, 0) is 19.4 Å². The topological polar surface area (TPSA) is 14.2 Å². The lowest BCUT2D eigenvalue weighted by Gasteiger charge is -2.07. The molecule has 1 aliphatic heterocycles. The molecule has 1 aliphatic rings. The van der Waals surface area contributed by atoms with Crippen molar-refractivity contribution in [2.24, 2.45) is 0 Å². The van der Waals surface area contributed by atoms with Crippen LogP contribution in [0.5, 0.6) is 5.75 Å². The van der Waals surface area contributed by atoms with E-state index in [1.807, 2.05) is 0 Å². The molecule has 0 aliphatic carbocycles. The van der Waals surface area contributed by atoms with Crippen LogP contribution in [0.25, 0.3) is 10.9 Å². The molecule has 106 valence electrons. The van der Waals surface area contributed by atoms with Gasteiger partial charge in [-0.25, -0.2) is 0 Å². The van der Waals surface area contributed by atoms with E-state index in [4.69, 9.17) is 4.74 Å². The van der Waals surface area contributed by atoms with Gasteiger partial charge in [-0.15, -0.1) is 0 Å². The molecule has 0 atom stereocenters. The Hall–Kier alpha value is -1.74. The summed E-state index contributed by atoms with van der Waals surface area (Å²) in [4.78, 5) is 0. The van der Waals surface area contributed by atoms with E-state index >= 15 is 0 Å². The maximum absolute atomic E-state index is 5.56. The Labute approximate surface area is 132 Å². The molecule has 0 bridgehead atoms. The summed E-state index contributed by atoms with van der Waals surface area (Å²) in [5, 5.41) is 1.28. The average Bonchev–Trinajstić information content (AvgIpc) is 3.10. The number of fused-ring (bicyclic) bond motifs is 2. The SMILES string of the molecule is Brc1ccc2c(ccn2CCc2ccc3c(c2)CCO3)c1. The lowest BCUT2D eigenvalue weighted by molar-refractivity contribution is 0.357. The smallest absolute Gasteiger partial charge is 0.122 e. The first-order valence-electron chi connectivity index (χ1n) is 7.28. The van der Waals surface area contributed by atoms with Crippen molar-refractivity contribution >= 4 is 26.8 Å². The van der Waals surface area contributed by atoms with Crippen molar-refractivity contribution in [1.82, 2.24) is 4.57 Å². The van der Waals surface area contributed by atoms with Crippen molar-refractivity contribution in [3.8, 4) is 5.75 Å². The molecule has 2 aromatic carbocycles. The highest BCUT2D eigenvalue weighted by atomic mass is 79.9. The molecule has 1 aromatic heterocycles. The first-order valence-corrected chi connectivity index (χ1v) is 8.08. The number of nitrogens with zero attached hydrogens (tertiary/aromatic N) is 1. The van der Waals surface area contributed by atoms with Crippen LogP contribution in [0.3, 0.4) is 0 Å². The summed E-state index contributed by atoms with van der Waals surface area (Å²) in [6.07, 6.45) is 4.27. The van der Waals surface area contributed by atoms with Gasteiger partial charge >= 0.3 is 0 Å². The van der Waals surface area contributed by atoms with Crippen LogP contribution >= 0.6 is 15.9 Å². The summed E-state index contributed by atoms with van der Waals surface area (Å²) < 4.78 is 9.02. The zero-order valence-corrected chi connectivity index (χ0v) is 13.3. The Morgan fingerprint density at radius 3 is 3.00 bits per heavy atom. The van der Waals surface area contributed by atoms with Crippen LogP contribution < -0.4 is 4.74 Å². The summed E-state index contributed by atoms with van der Waals surface area (Å²) in [5.41, 5.74) is 4.04. The lowest BCUT2D eigenvalue weighted by atomic mass is 10.1. The van der Waals surface area contributed by atoms with Gasteiger partial charge in [-0.1, -0.05) is 28.1 Å². The molecule has 0 spiro atoms. The molecule has 2 heterocycles. The molecule has 3 aromatic rings. The van der Waals surface area contributed by atoms with Crippen molar-refractivity contribution in [3.63, 3.8) is 0 Å². The molecule has 0 radical (unpaired) electrons. The van der Waals surface area contributed by atoms with Gasteiger partial charge in [0, 0.05) is 34.5 Å². The van der Waals surface area contributed by atoms with Crippen molar-refractivity contribution in [3.05, 3.63) is 64.3 Å². The number of aromatic nitrogens is 1. The van der Waals surface area contributed by atoms with Gasteiger partial charge in [0.25, 0.3) is 0 Å². The third-order valence-corrected chi connectivity index (χ3v) is 4.62. The Kier molecular flexibility index (Phi) is 3.23.